The summed E-state index contributed by atoms with van der Waals surface area (Å²) in [6.07, 6.45) is 4.47. The molecule has 1 aliphatic rings. The molecule has 1 aromatic heterocycles. The SMILES string of the molecule is CC1(C(=O)O)CCCN(C(=O)Nc2cccnc2)C1. The first-order valence-corrected chi connectivity index (χ1v) is 6.21. The zero-order chi connectivity index (χ0) is 13.9. The molecule has 6 heteroatoms. The molecule has 2 heterocycles. The van der Waals surface area contributed by atoms with E-state index < -0.39 is 11.4 Å². The smallest absolute Gasteiger partial charge is 0.321 e. The lowest BCUT2D eigenvalue weighted by Gasteiger charge is -2.37. The van der Waals surface area contributed by atoms with E-state index in [0.717, 1.165) is 0 Å². The average Bonchev–Trinajstić information content (AvgIpc) is 2.40. The van der Waals surface area contributed by atoms with E-state index >= 15 is 0 Å². The highest BCUT2D eigenvalue weighted by Crippen LogP contribution is 2.29. The van der Waals surface area contributed by atoms with Crippen LogP contribution >= 0.6 is 0 Å². The van der Waals surface area contributed by atoms with Crippen molar-refractivity contribution in [1.29, 1.82) is 0 Å². The van der Waals surface area contributed by atoms with Crippen LogP contribution in [0.4, 0.5) is 10.5 Å². The zero-order valence-corrected chi connectivity index (χ0v) is 10.8. The first-order valence-electron chi connectivity index (χ1n) is 6.21. The molecule has 0 aromatic carbocycles. The molecule has 0 saturated carbocycles. The Bertz CT molecular complexity index is 477. The number of nitrogens with one attached hydrogen (secondary N) is 1. The molecular weight excluding hydrogens is 246 g/mol. The number of urea groups is 1. The van der Waals surface area contributed by atoms with Crippen molar-refractivity contribution in [3.05, 3.63) is 24.5 Å². The average molecular weight is 263 g/mol. The van der Waals surface area contributed by atoms with Crippen LogP contribution in [-0.2, 0) is 4.79 Å². The van der Waals surface area contributed by atoms with Crippen LogP contribution in [0.25, 0.3) is 0 Å². The number of carboxylic acids is 1. The summed E-state index contributed by atoms with van der Waals surface area (Å²) in [5.41, 5.74) is -0.250. The number of aromatic nitrogens is 1. The molecule has 1 aliphatic heterocycles. The number of rotatable bonds is 2. The zero-order valence-electron chi connectivity index (χ0n) is 10.8. The predicted molar refractivity (Wildman–Crippen MR) is 69.8 cm³/mol. The highest BCUT2D eigenvalue weighted by atomic mass is 16.4. The van der Waals surface area contributed by atoms with E-state index in [0.29, 0.717) is 25.1 Å². The van der Waals surface area contributed by atoms with E-state index in [9.17, 15) is 14.7 Å². The van der Waals surface area contributed by atoms with E-state index in [1.165, 1.54) is 0 Å². The number of pyridine rings is 1. The first kappa shape index (κ1) is 13.3. The van der Waals surface area contributed by atoms with Gasteiger partial charge in [0.2, 0.25) is 0 Å². The third-order valence-corrected chi connectivity index (χ3v) is 3.41. The van der Waals surface area contributed by atoms with Gasteiger partial charge in [0.25, 0.3) is 0 Å². The Morgan fingerprint density at radius 2 is 2.32 bits per heavy atom. The second kappa shape index (κ2) is 5.26. The van der Waals surface area contributed by atoms with Crippen molar-refractivity contribution >= 4 is 17.7 Å². The molecule has 19 heavy (non-hydrogen) atoms. The van der Waals surface area contributed by atoms with Gasteiger partial charge < -0.3 is 15.3 Å². The molecule has 1 unspecified atom stereocenters. The molecule has 0 radical (unpaired) electrons. The van der Waals surface area contributed by atoms with Crippen molar-refractivity contribution in [2.75, 3.05) is 18.4 Å². The van der Waals surface area contributed by atoms with E-state index in [2.05, 4.69) is 10.3 Å². The van der Waals surface area contributed by atoms with Crippen LogP contribution in [0.3, 0.4) is 0 Å². The number of carbonyl (C=O) groups excluding carboxylic acids is 1. The molecule has 1 fully saturated rings. The number of aliphatic carboxylic acids is 1. The maximum Gasteiger partial charge on any atom is 0.321 e. The summed E-state index contributed by atoms with van der Waals surface area (Å²) in [5.74, 6) is -0.855. The van der Waals surface area contributed by atoms with Gasteiger partial charge >= 0.3 is 12.0 Å². The second-order valence-corrected chi connectivity index (χ2v) is 5.06. The molecule has 1 saturated heterocycles. The van der Waals surface area contributed by atoms with Gasteiger partial charge in [-0.2, -0.15) is 0 Å². The maximum absolute atomic E-state index is 12.1. The molecule has 2 amide bonds. The molecule has 0 aliphatic carbocycles. The van der Waals surface area contributed by atoms with Crippen LogP contribution in [0.1, 0.15) is 19.8 Å². The highest BCUT2D eigenvalue weighted by molar-refractivity contribution is 5.89. The summed E-state index contributed by atoms with van der Waals surface area (Å²) in [6, 6.07) is 3.19. The number of hydrogen-bond acceptors (Lipinski definition) is 3. The van der Waals surface area contributed by atoms with Crippen LogP contribution in [0.2, 0.25) is 0 Å². The lowest BCUT2D eigenvalue weighted by molar-refractivity contribution is -0.150. The van der Waals surface area contributed by atoms with Gasteiger partial charge in [-0.25, -0.2) is 4.79 Å². The fourth-order valence-electron chi connectivity index (χ4n) is 2.23. The normalized spacial score (nSPS) is 22.9. The predicted octanol–water partition coefficient (Wildman–Crippen LogP) is 1.80. The minimum Gasteiger partial charge on any atom is -0.481 e. The van der Waals surface area contributed by atoms with Crippen molar-refractivity contribution in [2.45, 2.75) is 19.8 Å². The van der Waals surface area contributed by atoms with Crippen LogP contribution in [0, 0.1) is 5.41 Å². The van der Waals surface area contributed by atoms with Crippen molar-refractivity contribution in [3.63, 3.8) is 0 Å². The van der Waals surface area contributed by atoms with Crippen LogP contribution in [0.5, 0.6) is 0 Å². The monoisotopic (exact) mass is 263 g/mol. The number of likely N-dealkylation sites (tertiary alicyclic amines) is 1. The molecule has 0 bridgehead atoms. The second-order valence-electron chi connectivity index (χ2n) is 5.06. The van der Waals surface area contributed by atoms with E-state index in [-0.39, 0.29) is 12.6 Å². The third-order valence-electron chi connectivity index (χ3n) is 3.41. The van der Waals surface area contributed by atoms with E-state index in [1.54, 1.807) is 36.4 Å². The highest BCUT2D eigenvalue weighted by Gasteiger charge is 2.39. The van der Waals surface area contributed by atoms with E-state index in [1.807, 2.05) is 0 Å². The van der Waals surface area contributed by atoms with Crippen LogP contribution in [-0.4, -0.2) is 40.1 Å². The molecule has 0 spiro atoms. The van der Waals surface area contributed by atoms with E-state index in [4.69, 9.17) is 0 Å². The van der Waals surface area contributed by atoms with Gasteiger partial charge in [-0.05, 0) is 31.9 Å². The number of nitrogens with zero attached hydrogens (tertiary/aromatic N) is 2. The van der Waals surface area contributed by atoms with Gasteiger partial charge in [0.15, 0.2) is 0 Å². The van der Waals surface area contributed by atoms with Gasteiger partial charge in [0.05, 0.1) is 17.3 Å². The van der Waals surface area contributed by atoms with Crippen LogP contribution in [0.15, 0.2) is 24.5 Å². The summed E-state index contributed by atoms with van der Waals surface area (Å²) < 4.78 is 0. The first-order chi connectivity index (χ1) is 9.01. The van der Waals surface area contributed by atoms with Crippen molar-refractivity contribution in [3.8, 4) is 0 Å². The van der Waals surface area contributed by atoms with Gasteiger partial charge in [-0.1, -0.05) is 0 Å². The van der Waals surface area contributed by atoms with Crippen molar-refractivity contribution < 1.29 is 14.7 Å². The van der Waals surface area contributed by atoms with Gasteiger partial charge in [0, 0.05) is 19.3 Å². The standard InChI is InChI=1S/C13H17N3O3/c1-13(11(17)18)5-3-7-16(9-13)12(19)15-10-4-2-6-14-8-10/h2,4,6,8H,3,5,7,9H2,1H3,(H,15,19)(H,17,18). The molecule has 6 nitrogen and oxygen atoms in total. The molecule has 2 N–H and O–H groups in total. The lowest BCUT2D eigenvalue weighted by Crippen LogP contribution is -2.49. The number of anilines is 1. The molecule has 1 aromatic rings. The number of hydrogen-bond donors (Lipinski definition) is 2. The third kappa shape index (κ3) is 3.01. The molecule has 2 rings (SSSR count). The van der Waals surface area contributed by atoms with Gasteiger partial charge in [-0.3, -0.25) is 9.78 Å². The Morgan fingerprint density at radius 3 is 2.95 bits per heavy atom. The molecular formula is C13H17N3O3. The van der Waals surface area contributed by atoms with Gasteiger partial charge in [0.1, 0.15) is 0 Å². The number of amides is 2. The number of piperidine rings is 1. The Labute approximate surface area is 111 Å². The quantitative estimate of drug-likeness (QED) is 0.852. The Balaban J connectivity index is 2.02. The van der Waals surface area contributed by atoms with Gasteiger partial charge in [-0.15, -0.1) is 0 Å². The summed E-state index contributed by atoms with van der Waals surface area (Å²) in [4.78, 5) is 28.8. The number of carbonyl (C=O) groups is 2. The van der Waals surface area contributed by atoms with Crippen LogP contribution < -0.4 is 5.32 Å². The number of carboxylic acid groups (broad SMARTS) is 1. The summed E-state index contributed by atoms with van der Waals surface area (Å²) in [5, 5.41) is 11.9. The Morgan fingerprint density at radius 1 is 1.53 bits per heavy atom. The lowest BCUT2D eigenvalue weighted by atomic mass is 9.82. The Kier molecular flexibility index (Phi) is 3.69. The fourth-order valence-corrected chi connectivity index (χ4v) is 2.23. The maximum atomic E-state index is 12.1. The molecule has 1 atom stereocenters. The minimum atomic E-state index is -0.857. The summed E-state index contributed by atoms with van der Waals surface area (Å²) >= 11 is 0. The fraction of sp³-hybridized carbons (Fsp3) is 0.462. The topological polar surface area (TPSA) is 82.5 Å². The largest absolute Gasteiger partial charge is 0.481 e. The molecule has 102 valence electrons. The van der Waals surface area contributed by atoms with Crippen molar-refractivity contribution in [2.24, 2.45) is 5.41 Å². The summed E-state index contributed by atoms with van der Waals surface area (Å²) in [6.45, 7) is 2.49. The Hall–Kier alpha value is -2.11. The summed E-state index contributed by atoms with van der Waals surface area (Å²) in [7, 11) is 0. The van der Waals surface area contributed by atoms with Crippen molar-refractivity contribution in [1.82, 2.24) is 9.88 Å². The minimum absolute atomic E-state index is 0.231.